The number of hydrogen-bond acceptors (Lipinski definition) is 7. The van der Waals surface area contributed by atoms with Crippen molar-refractivity contribution in [2.75, 3.05) is 39.4 Å². The molecule has 0 amide bonds. The molecule has 0 aliphatic carbocycles. The van der Waals surface area contributed by atoms with E-state index in [0.29, 0.717) is 19.6 Å². The molecule has 0 aromatic heterocycles. The minimum absolute atomic E-state index is 0. The number of carboxylic acids is 2. The first-order valence-electron chi connectivity index (χ1n) is 4.46. The van der Waals surface area contributed by atoms with Crippen molar-refractivity contribution in [3.63, 3.8) is 0 Å². The molecule has 0 heterocycles. The quantitative estimate of drug-likeness (QED) is 0.324. The monoisotopic (exact) mass is 264 g/mol. The van der Waals surface area contributed by atoms with Gasteiger partial charge in [0.1, 0.15) is 0 Å². The number of hydrogen-bond donors (Lipinski definition) is 1. The summed E-state index contributed by atoms with van der Waals surface area (Å²) in [5, 5.41) is 20.3. The normalized spacial score (nSPS) is 9.29. The summed E-state index contributed by atoms with van der Waals surface area (Å²) in [5.74, 6) is -2.51. The Hall–Kier alpha value is 0.820. The van der Waals surface area contributed by atoms with Crippen LogP contribution in [0.15, 0.2) is 0 Å². The number of ether oxygens (including phenoxy) is 1. The van der Waals surface area contributed by atoms with Gasteiger partial charge < -0.3 is 30.3 Å². The number of carboxylic acid groups (broad SMARTS) is 2. The summed E-state index contributed by atoms with van der Waals surface area (Å²) in [6.07, 6.45) is 0. The zero-order chi connectivity index (χ0) is 11.7. The molecule has 0 atom stereocenters. The second-order valence-electron chi connectivity index (χ2n) is 2.86. The van der Waals surface area contributed by atoms with Gasteiger partial charge >= 0.3 is 59.1 Å². The predicted molar refractivity (Wildman–Crippen MR) is 46.3 cm³/mol. The van der Waals surface area contributed by atoms with Crippen LogP contribution < -0.4 is 75.1 Å². The predicted octanol–water partition coefficient (Wildman–Crippen LogP) is -10.2. The van der Waals surface area contributed by atoms with Crippen molar-refractivity contribution >= 4 is 11.9 Å². The smallest absolute Gasteiger partial charge is 0.549 e. The molecule has 2 N–H and O–H groups in total. The van der Waals surface area contributed by atoms with Gasteiger partial charge in [-0.3, -0.25) is 4.90 Å². The van der Waals surface area contributed by atoms with Gasteiger partial charge in [0.25, 0.3) is 0 Å². The first-order valence-corrected chi connectivity index (χ1v) is 4.46. The van der Waals surface area contributed by atoms with Crippen molar-refractivity contribution in [1.82, 2.24) is 4.90 Å². The Kier molecular flexibility index (Phi) is 20.1. The molecule has 0 bridgehead atoms. The average molecular weight is 264 g/mol. The maximum absolute atomic E-state index is 10.3. The van der Waals surface area contributed by atoms with Gasteiger partial charge in [-0.1, -0.05) is 0 Å². The third kappa shape index (κ3) is 16.8. The van der Waals surface area contributed by atoms with Gasteiger partial charge in [-0.25, -0.2) is 0 Å². The van der Waals surface area contributed by atoms with E-state index in [2.05, 4.69) is 0 Å². The van der Waals surface area contributed by atoms with E-state index in [1.165, 1.54) is 4.90 Å². The first-order chi connectivity index (χ1) is 7.06. The summed E-state index contributed by atoms with van der Waals surface area (Å²) < 4.78 is 4.70. The molecule has 0 unspecified atom stereocenters. The summed E-state index contributed by atoms with van der Waals surface area (Å²) in [7, 11) is 0. The largest absolute Gasteiger partial charge is 1.00 e. The van der Waals surface area contributed by atoms with Gasteiger partial charge in [-0.15, -0.1) is 0 Å². The number of nitrogens with zero attached hydrogens (tertiary/aromatic N) is 1. The van der Waals surface area contributed by atoms with Gasteiger partial charge in [0.15, 0.2) is 0 Å². The van der Waals surface area contributed by atoms with Crippen molar-refractivity contribution in [2.24, 2.45) is 5.73 Å². The molecule has 0 rings (SSSR count). The first kappa shape index (κ1) is 23.0. The van der Waals surface area contributed by atoms with Crippen molar-refractivity contribution < 1.29 is 83.7 Å². The molecule has 0 spiro atoms. The van der Waals surface area contributed by atoms with Crippen LogP contribution in [0.3, 0.4) is 0 Å². The third-order valence-electron chi connectivity index (χ3n) is 1.57. The van der Waals surface area contributed by atoms with Gasteiger partial charge in [0.2, 0.25) is 0 Å². The van der Waals surface area contributed by atoms with Crippen LogP contribution in [0.25, 0.3) is 0 Å². The molecule has 0 radical (unpaired) electrons. The van der Waals surface area contributed by atoms with Gasteiger partial charge in [0.05, 0.1) is 25.2 Å². The summed E-state index contributed by atoms with van der Waals surface area (Å²) in [4.78, 5) is 21.8. The number of aliphatic carboxylic acids is 2. The van der Waals surface area contributed by atoms with Crippen LogP contribution in [0.5, 0.6) is 0 Å². The molecule has 0 aromatic rings. The van der Waals surface area contributed by atoms with Crippen LogP contribution in [-0.4, -0.2) is 56.2 Å². The van der Waals surface area contributed by atoms with E-state index in [-0.39, 0.29) is 72.3 Å². The Balaban J connectivity index is -0.000000980. The third-order valence-corrected chi connectivity index (χ3v) is 1.57. The fourth-order valence-electron chi connectivity index (χ4n) is 0.984. The van der Waals surface area contributed by atoms with E-state index in [1.54, 1.807) is 0 Å². The molecule has 9 heteroatoms. The van der Waals surface area contributed by atoms with E-state index >= 15 is 0 Å². The average Bonchev–Trinajstić information content (AvgIpc) is 2.11. The minimum Gasteiger partial charge on any atom is -0.549 e. The van der Waals surface area contributed by atoms with Crippen LogP contribution in [0, 0.1) is 0 Å². The van der Waals surface area contributed by atoms with E-state index < -0.39 is 18.5 Å². The van der Waals surface area contributed by atoms with Crippen LogP contribution in [0.2, 0.25) is 0 Å². The van der Waals surface area contributed by atoms with E-state index in [9.17, 15) is 19.8 Å². The van der Waals surface area contributed by atoms with Crippen LogP contribution in [-0.2, 0) is 14.3 Å². The number of carbonyl (C=O) groups excluding carboxylic acids is 2. The van der Waals surface area contributed by atoms with Crippen molar-refractivity contribution in [1.29, 1.82) is 0 Å². The Morgan fingerprint density at radius 2 is 1.71 bits per heavy atom. The molecule has 7 nitrogen and oxygen atoms in total. The molecule has 0 fully saturated rings. The Bertz CT molecular complexity index is 218. The SMILES string of the molecule is NCCN(CCOCC(=O)[O-])CC(=O)[O-].[Na+].[Na+]. The number of nitrogens with two attached hydrogens (primary N) is 1. The van der Waals surface area contributed by atoms with E-state index in [1.807, 2.05) is 0 Å². The van der Waals surface area contributed by atoms with Crippen molar-refractivity contribution in [3.8, 4) is 0 Å². The van der Waals surface area contributed by atoms with Gasteiger partial charge in [-0.05, 0) is 0 Å². The second-order valence-corrected chi connectivity index (χ2v) is 2.86. The molecule has 17 heavy (non-hydrogen) atoms. The topological polar surface area (TPSA) is 119 Å². The summed E-state index contributed by atoms with van der Waals surface area (Å²) in [6.45, 7) is 0.365. The van der Waals surface area contributed by atoms with Crippen LogP contribution in [0.1, 0.15) is 0 Å². The van der Waals surface area contributed by atoms with Gasteiger partial charge in [0, 0.05) is 26.2 Å². The van der Waals surface area contributed by atoms with E-state index in [0.717, 1.165) is 0 Å². The Morgan fingerprint density at radius 3 is 2.12 bits per heavy atom. The zero-order valence-electron chi connectivity index (χ0n) is 10.3. The Labute approximate surface area is 144 Å². The zero-order valence-corrected chi connectivity index (χ0v) is 14.3. The van der Waals surface area contributed by atoms with Crippen LogP contribution in [0.4, 0.5) is 0 Å². The molecule has 0 aromatic carbocycles. The number of rotatable bonds is 9. The fourth-order valence-corrected chi connectivity index (χ4v) is 0.984. The number of carbonyl (C=O) groups is 2. The van der Waals surface area contributed by atoms with Crippen molar-refractivity contribution in [3.05, 3.63) is 0 Å². The summed E-state index contributed by atoms with van der Waals surface area (Å²) in [6, 6.07) is 0. The van der Waals surface area contributed by atoms with Crippen molar-refractivity contribution in [2.45, 2.75) is 0 Å². The second kappa shape index (κ2) is 14.9. The molecule has 0 saturated carbocycles. The maximum atomic E-state index is 10.3. The standard InChI is InChI=1S/C8H16N2O5.2Na/c9-1-2-10(5-7(11)12)3-4-15-6-8(13)14;;/h1-6,9H2,(H,11,12)(H,13,14);;/q;2*+1/p-2. The molecule has 0 aliphatic rings. The molecular formula is C8H14N2Na2O5. The minimum atomic E-state index is -1.31. The molecule has 0 aliphatic heterocycles. The van der Waals surface area contributed by atoms with Crippen LogP contribution >= 0.6 is 0 Å². The summed E-state index contributed by atoms with van der Waals surface area (Å²) in [5.41, 5.74) is 5.26. The molecule has 88 valence electrons. The molecular weight excluding hydrogens is 250 g/mol. The fraction of sp³-hybridized carbons (Fsp3) is 0.750. The maximum Gasteiger partial charge on any atom is 1.00 e. The molecule has 0 saturated heterocycles. The van der Waals surface area contributed by atoms with E-state index in [4.69, 9.17) is 10.5 Å². The summed E-state index contributed by atoms with van der Waals surface area (Å²) >= 11 is 0. The Morgan fingerprint density at radius 1 is 1.12 bits per heavy atom. The van der Waals surface area contributed by atoms with Gasteiger partial charge in [-0.2, -0.15) is 0 Å².